The summed E-state index contributed by atoms with van der Waals surface area (Å²) in [5.74, 6) is 1.83. The van der Waals surface area contributed by atoms with Gasteiger partial charge < -0.3 is 29.7 Å². The number of hydrogen-bond donors (Lipinski definition) is 2. The SMILES string of the molecule is C#Cc1c(F)ccc2cc(O)cc(-c3ccc4c(N5CC6CCC(C5)N6)nc(OCC5(CN6CCC7(CCOC7)C6)CC5)nc4c3F)c12. The number of phenols is 1. The van der Waals surface area contributed by atoms with Crippen molar-refractivity contribution in [2.24, 2.45) is 10.8 Å². The zero-order chi connectivity index (χ0) is 32.6. The Morgan fingerprint density at radius 2 is 1.88 bits per heavy atom. The van der Waals surface area contributed by atoms with E-state index in [9.17, 15) is 9.50 Å². The second-order valence-corrected chi connectivity index (χ2v) is 14.9. The van der Waals surface area contributed by atoms with Gasteiger partial charge in [0.25, 0.3) is 0 Å². The molecule has 2 bridgehead atoms. The van der Waals surface area contributed by atoms with Crippen LogP contribution in [0.3, 0.4) is 0 Å². The topological polar surface area (TPSA) is 83.0 Å². The highest BCUT2D eigenvalue weighted by molar-refractivity contribution is 6.04. The first-order valence-electron chi connectivity index (χ1n) is 17.2. The molecule has 5 aliphatic rings. The van der Waals surface area contributed by atoms with Gasteiger partial charge in [0, 0.05) is 72.0 Å². The first-order chi connectivity index (χ1) is 23.3. The van der Waals surface area contributed by atoms with Gasteiger partial charge in [-0.05, 0) is 80.3 Å². The van der Waals surface area contributed by atoms with Crippen molar-refractivity contribution in [3.8, 4) is 35.2 Å². The lowest BCUT2D eigenvalue weighted by molar-refractivity contribution is 0.138. The molecule has 9 rings (SSSR count). The third kappa shape index (κ3) is 5.15. The lowest BCUT2D eigenvalue weighted by Crippen LogP contribution is -2.51. The number of piperazine rings is 1. The molecular formula is C38H39F2N5O3. The molecule has 3 atom stereocenters. The van der Waals surface area contributed by atoms with Crippen molar-refractivity contribution < 1.29 is 23.4 Å². The number of terminal acetylenes is 1. The Balaban J connectivity index is 1.09. The summed E-state index contributed by atoms with van der Waals surface area (Å²) in [6.07, 6.45) is 12.4. The van der Waals surface area contributed by atoms with E-state index in [0.717, 1.165) is 78.0 Å². The smallest absolute Gasteiger partial charge is 0.319 e. The molecule has 3 aromatic carbocycles. The number of anilines is 1. The van der Waals surface area contributed by atoms with Crippen LogP contribution in [0.25, 0.3) is 32.8 Å². The van der Waals surface area contributed by atoms with Gasteiger partial charge in [0.1, 0.15) is 22.9 Å². The number of ether oxygens (including phenoxy) is 2. The molecule has 2 N–H and O–H groups in total. The third-order valence-corrected chi connectivity index (χ3v) is 11.5. The lowest BCUT2D eigenvalue weighted by atomic mass is 9.87. The van der Waals surface area contributed by atoms with Crippen LogP contribution in [-0.4, -0.2) is 84.6 Å². The van der Waals surface area contributed by atoms with Crippen molar-refractivity contribution in [3.05, 3.63) is 53.6 Å². The van der Waals surface area contributed by atoms with Gasteiger partial charge in [0.15, 0.2) is 5.82 Å². The number of hydrogen-bond acceptors (Lipinski definition) is 8. The monoisotopic (exact) mass is 651 g/mol. The van der Waals surface area contributed by atoms with E-state index in [0.29, 0.717) is 51.6 Å². The fraction of sp³-hybridized carbons (Fsp3) is 0.474. The number of fused-ring (bicyclic) bond motifs is 4. The second kappa shape index (κ2) is 11.3. The molecule has 3 unspecified atom stereocenters. The summed E-state index contributed by atoms with van der Waals surface area (Å²) in [4.78, 5) is 14.4. The number of benzene rings is 3. The standard InChI is InChI=1S/C38H39F2N5O3/c1-2-27-31(39)8-3-23-15-26(46)16-30(32(23)27)28-6-7-29-34(33(28)40)42-36(43-35(29)45-17-24-4-5-25(18-45)41-24)48-22-37(9-10-37)19-44-13-11-38(20-44)12-14-47-21-38/h1,3,6-8,15-16,24-25,41,46H,4-5,9-14,17-22H2. The zero-order valence-electron chi connectivity index (χ0n) is 26.9. The number of rotatable bonds is 7. The van der Waals surface area contributed by atoms with E-state index in [1.165, 1.54) is 30.7 Å². The maximum atomic E-state index is 16.9. The van der Waals surface area contributed by atoms with Crippen LogP contribution in [0.4, 0.5) is 14.6 Å². The van der Waals surface area contributed by atoms with Crippen LogP contribution in [0.5, 0.6) is 11.8 Å². The summed E-state index contributed by atoms with van der Waals surface area (Å²) >= 11 is 0. The van der Waals surface area contributed by atoms with E-state index < -0.39 is 11.6 Å². The van der Waals surface area contributed by atoms with Crippen LogP contribution in [0, 0.1) is 34.8 Å². The van der Waals surface area contributed by atoms with Crippen LogP contribution >= 0.6 is 0 Å². The molecule has 248 valence electrons. The minimum Gasteiger partial charge on any atom is -0.508 e. The quantitative estimate of drug-likeness (QED) is 0.249. The van der Waals surface area contributed by atoms with Crippen molar-refractivity contribution in [3.63, 3.8) is 0 Å². The van der Waals surface area contributed by atoms with E-state index >= 15 is 4.39 Å². The molecule has 5 heterocycles. The minimum absolute atomic E-state index is 0.0183. The third-order valence-electron chi connectivity index (χ3n) is 11.5. The predicted molar refractivity (Wildman–Crippen MR) is 180 cm³/mol. The van der Waals surface area contributed by atoms with Gasteiger partial charge in [-0.3, -0.25) is 0 Å². The highest BCUT2D eigenvalue weighted by Crippen LogP contribution is 2.49. The first kappa shape index (κ1) is 30.1. The van der Waals surface area contributed by atoms with Crippen LogP contribution in [0.2, 0.25) is 0 Å². The van der Waals surface area contributed by atoms with Crippen LogP contribution in [-0.2, 0) is 4.74 Å². The summed E-state index contributed by atoms with van der Waals surface area (Å²) < 4.78 is 44.0. The van der Waals surface area contributed by atoms with Crippen molar-refractivity contribution in [2.75, 3.05) is 57.4 Å². The second-order valence-electron chi connectivity index (χ2n) is 14.9. The number of aromatic hydroxyl groups is 1. The Bertz CT molecular complexity index is 1970. The van der Waals surface area contributed by atoms with E-state index in [1.54, 1.807) is 6.07 Å². The summed E-state index contributed by atoms with van der Waals surface area (Å²) in [5.41, 5.74) is 0.949. The van der Waals surface area contributed by atoms with E-state index in [1.807, 2.05) is 6.07 Å². The highest BCUT2D eigenvalue weighted by atomic mass is 19.1. The van der Waals surface area contributed by atoms with Crippen LogP contribution in [0.15, 0.2) is 36.4 Å². The molecule has 4 saturated heterocycles. The summed E-state index contributed by atoms with van der Waals surface area (Å²) in [5, 5.41) is 15.7. The summed E-state index contributed by atoms with van der Waals surface area (Å²) in [6.45, 7) is 6.83. The van der Waals surface area contributed by atoms with Gasteiger partial charge in [0.05, 0.1) is 18.8 Å². The number of aromatic nitrogens is 2. The number of halogens is 2. The van der Waals surface area contributed by atoms with Crippen molar-refractivity contribution in [1.82, 2.24) is 20.2 Å². The molecule has 1 spiro atoms. The molecule has 10 heteroatoms. The van der Waals surface area contributed by atoms with Gasteiger partial charge in [-0.25, -0.2) is 8.78 Å². The van der Waals surface area contributed by atoms with Crippen molar-refractivity contribution >= 4 is 27.5 Å². The number of nitrogens with one attached hydrogen (secondary N) is 1. The Morgan fingerprint density at radius 3 is 2.62 bits per heavy atom. The molecule has 4 aromatic rings. The maximum absolute atomic E-state index is 16.9. The molecule has 1 aromatic heterocycles. The largest absolute Gasteiger partial charge is 0.508 e. The van der Waals surface area contributed by atoms with Gasteiger partial charge in [-0.15, -0.1) is 6.42 Å². The molecule has 1 aliphatic carbocycles. The predicted octanol–water partition coefficient (Wildman–Crippen LogP) is 5.63. The average molecular weight is 652 g/mol. The van der Waals surface area contributed by atoms with Crippen LogP contribution < -0.4 is 15.0 Å². The number of nitrogens with zero attached hydrogens (tertiary/aromatic N) is 4. The van der Waals surface area contributed by atoms with E-state index in [4.69, 9.17) is 25.9 Å². The minimum atomic E-state index is -0.597. The first-order valence-corrected chi connectivity index (χ1v) is 17.2. The fourth-order valence-corrected chi connectivity index (χ4v) is 8.74. The molecule has 4 aliphatic heterocycles. The number of phenolic OH excluding ortho intramolecular Hbond substituents is 1. The fourth-order valence-electron chi connectivity index (χ4n) is 8.74. The Hall–Kier alpha value is -4.04. The van der Waals surface area contributed by atoms with Gasteiger partial charge in [-0.1, -0.05) is 18.1 Å². The molecule has 8 nitrogen and oxygen atoms in total. The Morgan fingerprint density at radius 1 is 1.04 bits per heavy atom. The van der Waals surface area contributed by atoms with Crippen LogP contribution in [0.1, 0.15) is 44.1 Å². The zero-order valence-corrected chi connectivity index (χ0v) is 26.9. The van der Waals surface area contributed by atoms with Gasteiger partial charge in [-0.2, -0.15) is 9.97 Å². The van der Waals surface area contributed by atoms with E-state index in [2.05, 4.69) is 21.0 Å². The number of likely N-dealkylation sites (tertiary alicyclic amines) is 1. The molecule has 0 amide bonds. The molecular weight excluding hydrogens is 612 g/mol. The van der Waals surface area contributed by atoms with Crippen molar-refractivity contribution in [1.29, 1.82) is 0 Å². The maximum Gasteiger partial charge on any atom is 0.319 e. The van der Waals surface area contributed by atoms with Gasteiger partial charge in [0.2, 0.25) is 0 Å². The summed E-state index contributed by atoms with van der Waals surface area (Å²) in [7, 11) is 0. The Kier molecular flexibility index (Phi) is 7.05. The molecule has 1 saturated carbocycles. The normalized spacial score (nSPS) is 26.1. The lowest BCUT2D eigenvalue weighted by Gasteiger charge is -2.34. The van der Waals surface area contributed by atoms with Crippen molar-refractivity contribution in [2.45, 2.75) is 50.6 Å². The highest BCUT2D eigenvalue weighted by Gasteiger charge is 2.49. The molecule has 5 fully saturated rings. The Labute approximate surface area is 278 Å². The van der Waals surface area contributed by atoms with E-state index in [-0.39, 0.29) is 33.8 Å². The molecule has 48 heavy (non-hydrogen) atoms. The van der Waals surface area contributed by atoms with Gasteiger partial charge >= 0.3 is 6.01 Å². The summed E-state index contributed by atoms with van der Waals surface area (Å²) in [6, 6.07) is 10.1. The average Bonchev–Trinajstić information content (AvgIpc) is 3.34. The molecule has 0 radical (unpaired) electrons.